The van der Waals surface area contributed by atoms with E-state index in [1.807, 2.05) is 12.1 Å². The highest BCUT2D eigenvalue weighted by Crippen LogP contribution is 2.29. The van der Waals surface area contributed by atoms with Gasteiger partial charge in [-0.15, -0.1) is 10.2 Å². The predicted octanol–water partition coefficient (Wildman–Crippen LogP) is 5.96. The smallest absolute Gasteiger partial charge is 0.281 e. The van der Waals surface area contributed by atoms with Crippen LogP contribution < -0.4 is 5.56 Å². The van der Waals surface area contributed by atoms with Gasteiger partial charge < -0.3 is 5.11 Å². The molecule has 0 aliphatic heterocycles. The summed E-state index contributed by atoms with van der Waals surface area (Å²) in [5.41, 5.74) is 0.878. The fraction of sp³-hybridized carbons (Fsp3) is 0.269. The molecule has 0 radical (unpaired) electrons. The largest absolute Gasteiger partial charge is 0.493 e. The molecule has 3 rings (SSSR count). The van der Waals surface area contributed by atoms with Crippen molar-refractivity contribution in [1.29, 1.82) is 5.26 Å². The van der Waals surface area contributed by atoms with Gasteiger partial charge in [0.1, 0.15) is 11.6 Å². The van der Waals surface area contributed by atoms with Crippen LogP contribution in [0.15, 0.2) is 69.6 Å². The maximum absolute atomic E-state index is 13.1. The molecule has 0 spiro atoms. The van der Waals surface area contributed by atoms with Crippen molar-refractivity contribution in [1.82, 2.24) is 4.57 Å². The van der Waals surface area contributed by atoms with Crippen LogP contribution in [0.2, 0.25) is 0 Å². The Morgan fingerprint density at radius 3 is 2.42 bits per heavy atom. The lowest BCUT2D eigenvalue weighted by atomic mass is 10.0. The molecule has 3 aromatic rings. The maximum Gasteiger partial charge on any atom is 0.281 e. The Hall–Kier alpha value is -4.05. The first-order valence-electron chi connectivity index (χ1n) is 11.0. The van der Waals surface area contributed by atoms with Gasteiger partial charge >= 0.3 is 0 Å². The van der Waals surface area contributed by atoms with Crippen LogP contribution in [0.5, 0.6) is 5.88 Å². The monoisotopic (exact) mass is 442 g/mol. The number of aromatic hydroxyl groups is 1. The molecule has 0 amide bonds. The number of azo groups is 1. The van der Waals surface area contributed by atoms with Crippen LogP contribution in [0.3, 0.4) is 0 Å². The van der Waals surface area contributed by atoms with Crippen molar-refractivity contribution in [3.8, 4) is 11.9 Å². The summed E-state index contributed by atoms with van der Waals surface area (Å²) in [6.45, 7) is 3.92. The van der Waals surface area contributed by atoms with Crippen LogP contribution in [0.25, 0.3) is 0 Å². The fourth-order valence-corrected chi connectivity index (χ4v) is 3.56. The van der Waals surface area contributed by atoms with E-state index in [-0.39, 0.29) is 35.0 Å². The van der Waals surface area contributed by atoms with Gasteiger partial charge in [-0.3, -0.25) is 14.2 Å². The number of pyridine rings is 1. The minimum atomic E-state index is -0.517. The van der Waals surface area contributed by atoms with Crippen LogP contribution in [0.1, 0.15) is 59.7 Å². The molecule has 0 saturated heterocycles. The molecule has 33 heavy (non-hydrogen) atoms. The Morgan fingerprint density at radius 2 is 1.73 bits per heavy atom. The van der Waals surface area contributed by atoms with E-state index in [9.17, 15) is 20.0 Å². The first kappa shape index (κ1) is 23.6. The van der Waals surface area contributed by atoms with E-state index in [1.54, 1.807) is 55.5 Å². The SMILES string of the molecule is CCCCCCn1c(O)c(C#N)c(C)c(N=Nc2ccccc2C(=O)c2ccccc2)c1=O. The van der Waals surface area contributed by atoms with E-state index in [0.717, 1.165) is 19.3 Å². The van der Waals surface area contributed by atoms with Gasteiger partial charge in [0.05, 0.1) is 11.3 Å². The second kappa shape index (κ2) is 11.0. The van der Waals surface area contributed by atoms with Crippen LogP contribution in [0, 0.1) is 18.3 Å². The number of nitriles is 1. The summed E-state index contributed by atoms with van der Waals surface area (Å²) in [6.07, 6.45) is 3.66. The standard InChI is InChI=1S/C26H26N4O3/c1-3-4-5-11-16-30-25(32)21(17-27)18(2)23(26(30)33)29-28-22-15-10-9-14-20(22)24(31)19-12-7-6-8-13-19/h6-10,12-15,32H,3-5,11,16H2,1-2H3. The Morgan fingerprint density at radius 1 is 1.03 bits per heavy atom. The van der Waals surface area contributed by atoms with Crippen molar-refractivity contribution < 1.29 is 9.90 Å². The molecule has 0 bridgehead atoms. The number of unbranched alkanes of at least 4 members (excludes halogenated alkanes) is 3. The molecule has 7 nitrogen and oxygen atoms in total. The first-order valence-corrected chi connectivity index (χ1v) is 11.0. The topological polar surface area (TPSA) is 108 Å². The van der Waals surface area contributed by atoms with Gasteiger partial charge in [0.25, 0.3) is 5.56 Å². The molecule has 1 N–H and O–H groups in total. The second-order valence-electron chi connectivity index (χ2n) is 7.71. The number of hydrogen-bond acceptors (Lipinski definition) is 6. The molecule has 0 saturated carbocycles. The molecular formula is C26H26N4O3. The Labute approximate surface area is 192 Å². The second-order valence-corrected chi connectivity index (χ2v) is 7.71. The van der Waals surface area contributed by atoms with Crippen LogP contribution >= 0.6 is 0 Å². The average Bonchev–Trinajstić information content (AvgIpc) is 2.84. The van der Waals surface area contributed by atoms with Gasteiger partial charge in [-0.2, -0.15) is 5.26 Å². The van der Waals surface area contributed by atoms with E-state index < -0.39 is 5.56 Å². The van der Waals surface area contributed by atoms with Gasteiger partial charge in [0.15, 0.2) is 11.5 Å². The van der Waals surface area contributed by atoms with Crippen LogP contribution in [-0.2, 0) is 6.54 Å². The third-order valence-corrected chi connectivity index (χ3v) is 5.45. The Kier molecular flexibility index (Phi) is 7.87. The number of carbonyl (C=O) groups is 1. The van der Waals surface area contributed by atoms with Crippen LogP contribution in [-0.4, -0.2) is 15.5 Å². The van der Waals surface area contributed by atoms with Crippen molar-refractivity contribution in [2.24, 2.45) is 10.2 Å². The van der Waals surface area contributed by atoms with Gasteiger partial charge in [-0.05, 0) is 25.5 Å². The van der Waals surface area contributed by atoms with Crippen LogP contribution in [0.4, 0.5) is 11.4 Å². The third kappa shape index (κ3) is 5.24. The van der Waals surface area contributed by atoms with Crippen molar-refractivity contribution in [3.63, 3.8) is 0 Å². The number of carbonyl (C=O) groups excluding carboxylic acids is 1. The molecule has 0 aliphatic rings. The van der Waals surface area contributed by atoms with E-state index in [1.165, 1.54) is 4.57 Å². The lowest BCUT2D eigenvalue weighted by Crippen LogP contribution is -2.22. The molecule has 1 aromatic heterocycles. The highest BCUT2D eigenvalue weighted by molar-refractivity contribution is 6.11. The highest BCUT2D eigenvalue weighted by atomic mass is 16.3. The summed E-state index contributed by atoms with van der Waals surface area (Å²) in [7, 11) is 0. The molecule has 0 atom stereocenters. The summed E-state index contributed by atoms with van der Waals surface area (Å²) in [5, 5.41) is 28.4. The van der Waals surface area contributed by atoms with Crippen molar-refractivity contribution in [2.45, 2.75) is 46.1 Å². The van der Waals surface area contributed by atoms with Gasteiger partial charge in [-0.1, -0.05) is 68.7 Å². The summed E-state index contributed by atoms with van der Waals surface area (Å²) in [5.74, 6) is -0.561. The zero-order valence-corrected chi connectivity index (χ0v) is 18.8. The zero-order valence-electron chi connectivity index (χ0n) is 18.8. The number of hydrogen-bond donors (Lipinski definition) is 1. The van der Waals surface area contributed by atoms with Crippen molar-refractivity contribution in [2.75, 3.05) is 0 Å². The quantitative estimate of drug-likeness (QED) is 0.250. The highest BCUT2D eigenvalue weighted by Gasteiger charge is 2.19. The molecule has 2 aromatic carbocycles. The number of rotatable bonds is 9. The molecule has 1 heterocycles. The van der Waals surface area contributed by atoms with E-state index in [4.69, 9.17) is 0 Å². The van der Waals surface area contributed by atoms with Gasteiger partial charge in [0.2, 0.25) is 5.88 Å². The van der Waals surface area contributed by atoms with Gasteiger partial charge in [-0.25, -0.2) is 0 Å². The van der Waals surface area contributed by atoms with Crippen molar-refractivity contribution in [3.05, 3.63) is 87.2 Å². The zero-order chi connectivity index (χ0) is 23.8. The minimum absolute atomic E-state index is 0.00677. The Balaban J connectivity index is 2.02. The molecule has 0 aliphatic carbocycles. The third-order valence-electron chi connectivity index (χ3n) is 5.45. The van der Waals surface area contributed by atoms with E-state index >= 15 is 0 Å². The average molecular weight is 443 g/mol. The molecular weight excluding hydrogens is 416 g/mol. The normalized spacial score (nSPS) is 10.9. The lowest BCUT2D eigenvalue weighted by Gasteiger charge is -2.13. The molecule has 7 heteroatoms. The lowest BCUT2D eigenvalue weighted by molar-refractivity contribution is 0.103. The summed E-state index contributed by atoms with van der Waals surface area (Å²) in [4.78, 5) is 26.0. The summed E-state index contributed by atoms with van der Waals surface area (Å²) < 4.78 is 1.18. The molecule has 0 fully saturated rings. The van der Waals surface area contributed by atoms with Crippen molar-refractivity contribution >= 4 is 17.2 Å². The maximum atomic E-state index is 13.1. The fourth-order valence-electron chi connectivity index (χ4n) is 3.56. The van der Waals surface area contributed by atoms with E-state index in [0.29, 0.717) is 23.2 Å². The van der Waals surface area contributed by atoms with Gasteiger partial charge in [0, 0.05) is 17.7 Å². The Bertz CT molecular complexity index is 1270. The minimum Gasteiger partial charge on any atom is -0.493 e. The number of nitrogens with zero attached hydrogens (tertiary/aromatic N) is 4. The van der Waals surface area contributed by atoms with E-state index in [2.05, 4.69) is 17.2 Å². The molecule has 168 valence electrons. The summed E-state index contributed by atoms with van der Waals surface area (Å²) in [6, 6.07) is 17.5. The molecule has 0 unspecified atom stereocenters. The number of benzene rings is 2. The summed E-state index contributed by atoms with van der Waals surface area (Å²) >= 11 is 0. The predicted molar refractivity (Wildman–Crippen MR) is 126 cm³/mol. The number of aromatic nitrogens is 1. The number of ketones is 1. The first-order chi connectivity index (χ1) is 16.0.